The molecule has 7 nitrogen and oxygen atoms in total. The molecule has 0 saturated carbocycles. The molecule has 0 unspecified atom stereocenters. The Morgan fingerprint density at radius 1 is 0.780 bits per heavy atom. The highest BCUT2D eigenvalue weighted by atomic mass is 19.1. The van der Waals surface area contributed by atoms with Gasteiger partial charge < -0.3 is 9.80 Å². The van der Waals surface area contributed by atoms with E-state index in [0.717, 1.165) is 49.3 Å². The molecule has 210 valence electrons. The monoisotopic (exact) mass is 551 g/mol. The lowest BCUT2D eigenvalue weighted by molar-refractivity contribution is 0.0721. The van der Waals surface area contributed by atoms with Gasteiger partial charge >= 0.3 is 0 Å². The van der Waals surface area contributed by atoms with Crippen LogP contribution in [0.3, 0.4) is 0 Å². The molecular weight excluding hydrogens is 517 g/mol. The van der Waals surface area contributed by atoms with Crippen LogP contribution in [0.25, 0.3) is 0 Å². The highest BCUT2D eigenvalue weighted by molar-refractivity contribution is 6.07. The molecule has 0 atom stereocenters. The van der Waals surface area contributed by atoms with Crippen LogP contribution in [0.2, 0.25) is 0 Å². The molecule has 0 spiro atoms. The summed E-state index contributed by atoms with van der Waals surface area (Å²) in [6, 6.07) is 23.6. The number of carbonyl (C=O) groups is 2. The first-order valence-corrected chi connectivity index (χ1v) is 14.0. The number of aromatic nitrogens is 2. The fraction of sp³-hybridized carbons (Fsp3) is 0.273. The van der Waals surface area contributed by atoms with Gasteiger partial charge in [-0.05, 0) is 66.8 Å². The normalized spacial score (nSPS) is 15.0. The minimum absolute atomic E-state index is 0.147. The van der Waals surface area contributed by atoms with E-state index < -0.39 is 0 Å². The molecule has 1 aliphatic rings. The Labute approximate surface area is 240 Å². The number of rotatable bonds is 4. The number of anilines is 1. The van der Waals surface area contributed by atoms with Crippen LogP contribution in [-0.4, -0.2) is 57.8 Å². The lowest BCUT2D eigenvalue weighted by Gasteiger charge is -2.32. The molecule has 0 radical (unpaired) electrons. The highest BCUT2D eigenvalue weighted by Gasteiger charge is 2.26. The van der Waals surface area contributed by atoms with E-state index in [1.807, 2.05) is 43.3 Å². The number of benzene rings is 3. The van der Waals surface area contributed by atoms with Crippen molar-refractivity contribution < 1.29 is 14.0 Å². The van der Waals surface area contributed by atoms with Crippen LogP contribution in [0.5, 0.6) is 0 Å². The van der Waals surface area contributed by atoms with E-state index in [9.17, 15) is 14.0 Å². The van der Waals surface area contributed by atoms with Crippen LogP contribution < -0.4 is 4.90 Å². The molecule has 8 heteroatoms. The van der Waals surface area contributed by atoms with Gasteiger partial charge in [-0.15, -0.1) is 0 Å². The van der Waals surface area contributed by atoms with E-state index in [0.29, 0.717) is 25.2 Å². The second kappa shape index (κ2) is 13.3. The first-order chi connectivity index (χ1) is 20.0. The van der Waals surface area contributed by atoms with Gasteiger partial charge in [0.2, 0.25) is 5.82 Å². The van der Waals surface area contributed by atoms with Crippen molar-refractivity contribution in [2.24, 2.45) is 0 Å². The fourth-order valence-electron chi connectivity index (χ4n) is 5.35. The number of halogens is 1. The standard InChI is InChI=1S/C33H34FN5O2/c1-25-9-5-12-28-24-38(33(41)31-35-17-6-18-36-31)21-7-19-37(23-26-10-3-2-4-11-26)20-8-22-39(30(25)28)32(40)27-13-15-29(34)16-14-27/h2-6,9-18H,7-8,19-24H2,1H3. The van der Waals surface area contributed by atoms with E-state index in [-0.39, 0.29) is 23.5 Å². The van der Waals surface area contributed by atoms with Crippen molar-refractivity contribution in [1.82, 2.24) is 19.8 Å². The molecule has 2 heterocycles. The summed E-state index contributed by atoms with van der Waals surface area (Å²) < 4.78 is 13.7. The Morgan fingerprint density at radius 2 is 1.49 bits per heavy atom. The topological polar surface area (TPSA) is 69.6 Å². The van der Waals surface area contributed by atoms with Crippen molar-refractivity contribution in [3.05, 3.63) is 125 Å². The minimum Gasteiger partial charge on any atom is -0.331 e. The average Bonchev–Trinajstić information content (AvgIpc) is 2.99. The van der Waals surface area contributed by atoms with Gasteiger partial charge in [0.25, 0.3) is 11.8 Å². The van der Waals surface area contributed by atoms with Crippen LogP contribution in [0.1, 0.15) is 50.5 Å². The molecule has 3 aromatic carbocycles. The SMILES string of the molecule is Cc1cccc2c1N(C(=O)c1ccc(F)cc1)CCCN(Cc1ccccc1)CCCN(C(=O)c1ncccn1)C2. The Balaban J connectivity index is 1.52. The van der Waals surface area contributed by atoms with Gasteiger partial charge in [0.15, 0.2) is 0 Å². The van der Waals surface area contributed by atoms with Crippen LogP contribution in [0.15, 0.2) is 91.3 Å². The number of fused-ring (bicyclic) bond motifs is 1. The number of amides is 2. The van der Waals surface area contributed by atoms with Crippen molar-refractivity contribution in [3.8, 4) is 0 Å². The first-order valence-electron chi connectivity index (χ1n) is 14.0. The number of hydrogen-bond acceptors (Lipinski definition) is 5. The van der Waals surface area contributed by atoms with Gasteiger partial charge in [-0.3, -0.25) is 14.5 Å². The molecule has 0 N–H and O–H groups in total. The molecule has 0 fully saturated rings. The summed E-state index contributed by atoms with van der Waals surface area (Å²) in [6.07, 6.45) is 4.68. The zero-order valence-corrected chi connectivity index (χ0v) is 23.2. The molecule has 1 aromatic heterocycles. The van der Waals surface area contributed by atoms with Gasteiger partial charge in [-0.25, -0.2) is 14.4 Å². The Hall–Kier alpha value is -4.43. The lowest BCUT2D eigenvalue weighted by Crippen LogP contribution is -2.39. The smallest absolute Gasteiger partial charge is 0.291 e. The van der Waals surface area contributed by atoms with Crippen LogP contribution >= 0.6 is 0 Å². The summed E-state index contributed by atoms with van der Waals surface area (Å²) in [4.78, 5) is 41.9. The molecule has 5 rings (SSSR count). The van der Waals surface area contributed by atoms with Crippen molar-refractivity contribution in [1.29, 1.82) is 0 Å². The number of para-hydroxylation sites is 1. The first kappa shape index (κ1) is 28.1. The summed E-state index contributed by atoms with van der Waals surface area (Å²) in [7, 11) is 0. The summed E-state index contributed by atoms with van der Waals surface area (Å²) in [5.41, 5.74) is 4.21. The van der Waals surface area contributed by atoms with Gasteiger partial charge in [0.1, 0.15) is 5.82 Å². The van der Waals surface area contributed by atoms with Crippen molar-refractivity contribution in [3.63, 3.8) is 0 Å². The van der Waals surface area contributed by atoms with Gasteiger partial charge in [-0.2, -0.15) is 0 Å². The van der Waals surface area contributed by atoms with Gasteiger partial charge in [0, 0.05) is 57.2 Å². The van der Waals surface area contributed by atoms with E-state index in [1.165, 1.54) is 29.8 Å². The number of hydrogen-bond donors (Lipinski definition) is 0. The molecule has 2 amide bonds. The van der Waals surface area contributed by atoms with Crippen molar-refractivity contribution in [2.75, 3.05) is 31.1 Å². The Kier molecular flexibility index (Phi) is 9.11. The molecule has 0 bridgehead atoms. The predicted octanol–water partition coefficient (Wildman–Crippen LogP) is 5.51. The minimum atomic E-state index is -0.388. The third-order valence-corrected chi connectivity index (χ3v) is 7.34. The molecular formula is C33H34FN5O2. The maximum atomic E-state index is 13.9. The highest BCUT2D eigenvalue weighted by Crippen LogP contribution is 2.29. The quantitative estimate of drug-likeness (QED) is 0.335. The van der Waals surface area contributed by atoms with Gasteiger partial charge in [-0.1, -0.05) is 48.5 Å². The van der Waals surface area contributed by atoms with Crippen LogP contribution in [0.4, 0.5) is 10.1 Å². The molecule has 0 saturated heterocycles. The van der Waals surface area contributed by atoms with Crippen molar-refractivity contribution >= 4 is 17.5 Å². The van der Waals surface area contributed by atoms with Crippen LogP contribution in [0, 0.1) is 12.7 Å². The number of aryl methyl sites for hydroxylation is 1. The zero-order chi connectivity index (χ0) is 28.6. The molecule has 41 heavy (non-hydrogen) atoms. The predicted molar refractivity (Wildman–Crippen MR) is 157 cm³/mol. The van der Waals surface area contributed by atoms with Crippen LogP contribution in [-0.2, 0) is 13.1 Å². The summed E-state index contributed by atoms with van der Waals surface area (Å²) in [5, 5.41) is 0. The average molecular weight is 552 g/mol. The molecule has 4 aromatic rings. The fourth-order valence-corrected chi connectivity index (χ4v) is 5.35. The van der Waals surface area contributed by atoms with E-state index in [4.69, 9.17) is 0 Å². The molecule has 0 aliphatic carbocycles. The van der Waals surface area contributed by atoms with E-state index >= 15 is 0 Å². The number of nitrogens with zero attached hydrogens (tertiary/aromatic N) is 5. The molecule has 1 aliphatic heterocycles. The summed E-state index contributed by atoms with van der Waals surface area (Å²) in [5.74, 6) is -0.688. The largest absolute Gasteiger partial charge is 0.331 e. The Bertz CT molecular complexity index is 1460. The maximum absolute atomic E-state index is 13.9. The van der Waals surface area contributed by atoms with E-state index in [2.05, 4.69) is 27.0 Å². The second-order valence-corrected chi connectivity index (χ2v) is 10.3. The van der Waals surface area contributed by atoms with E-state index in [1.54, 1.807) is 28.3 Å². The maximum Gasteiger partial charge on any atom is 0.291 e. The summed E-state index contributed by atoms with van der Waals surface area (Å²) >= 11 is 0. The second-order valence-electron chi connectivity index (χ2n) is 10.3. The third-order valence-electron chi connectivity index (χ3n) is 7.34. The zero-order valence-electron chi connectivity index (χ0n) is 23.2. The van der Waals surface area contributed by atoms with Crippen molar-refractivity contribution in [2.45, 2.75) is 32.9 Å². The Morgan fingerprint density at radius 3 is 2.22 bits per heavy atom. The van der Waals surface area contributed by atoms with Gasteiger partial charge in [0.05, 0.1) is 5.69 Å². The number of carbonyl (C=O) groups excluding carboxylic acids is 2. The lowest BCUT2D eigenvalue weighted by atomic mass is 10.0. The third kappa shape index (κ3) is 7.02. The summed E-state index contributed by atoms with van der Waals surface area (Å²) in [6.45, 7) is 5.62.